The van der Waals surface area contributed by atoms with Crippen LogP contribution in [0.25, 0.3) is 22.2 Å². The van der Waals surface area contributed by atoms with Gasteiger partial charge in [0.05, 0.1) is 14.2 Å². The molecule has 1 saturated carbocycles. The van der Waals surface area contributed by atoms with Crippen LogP contribution in [0, 0.1) is 12.3 Å². The van der Waals surface area contributed by atoms with Gasteiger partial charge in [0.15, 0.2) is 5.16 Å². The zero-order chi connectivity index (χ0) is 27.4. The number of hydrogen-bond acceptors (Lipinski definition) is 8. The topological polar surface area (TPSA) is 95.8 Å². The van der Waals surface area contributed by atoms with E-state index in [2.05, 4.69) is 4.98 Å². The first kappa shape index (κ1) is 26.3. The second-order valence-electron chi connectivity index (χ2n) is 11.3. The first-order valence-corrected chi connectivity index (χ1v) is 13.9. The molecule has 1 saturated heterocycles. The highest BCUT2D eigenvalue weighted by atomic mass is 32.2. The van der Waals surface area contributed by atoms with Crippen LogP contribution in [-0.4, -0.2) is 64.7 Å². The number of pyridine rings is 1. The number of thioether (sulfide) groups is 1. The molecule has 3 heterocycles. The maximum Gasteiger partial charge on any atom is 0.410 e. The molecule has 202 valence electrons. The zero-order valence-electron chi connectivity index (χ0n) is 23.0. The van der Waals surface area contributed by atoms with Crippen molar-refractivity contribution in [3.63, 3.8) is 0 Å². The lowest BCUT2D eigenvalue weighted by atomic mass is 9.60. The maximum atomic E-state index is 14.1. The number of nitrogens with zero attached hydrogens (tertiary/aromatic N) is 4. The van der Waals surface area contributed by atoms with E-state index >= 15 is 0 Å². The van der Waals surface area contributed by atoms with E-state index in [1.54, 1.807) is 25.3 Å². The van der Waals surface area contributed by atoms with Crippen molar-refractivity contribution in [2.24, 2.45) is 5.41 Å². The minimum atomic E-state index is -0.524. The summed E-state index contributed by atoms with van der Waals surface area (Å²) < 4.78 is 18.4. The molecule has 0 radical (unpaired) electrons. The number of carbonyl (C=O) groups excluding carboxylic acids is 1. The first-order chi connectivity index (χ1) is 18.0. The van der Waals surface area contributed by atoms with Crippen LogP contribution < -0.4 is 15.0 Å². The summed E-state index contributed by atoms with van der Waals surface area (Å²) in [5.41, 5.74) is 2.17. The Bertz CT molecular complexity index is 1460. The van der Waals surface area contributed by atoms with Gasteiger partial charge in [-0.3, -0.25) is 9.36 Å². The largest absolute Gasteiger partial charge is 0.497 e. The van der Waals surface area contributed by atoms with Gasteiger partial charge in [0, 0.05) is 47.8 Å². The molecule has 1 aliphatic heterocycles. The number of amides is 1. The van der Waals surface area contributed by atoms with Gasteiger partial charge in [-0.1, -0.05) is 11.8 Å². The fourth-order valence-electron chi connectivity index (χ4n) is 5.61. The SMILES string of the molecule is COc1cc(OC)c(C)c(-c2cc3cnc(SC)nc3n(C3CC4(C3)CN(C(=O)OC(C)(C)C)C4)c2=O)c1. The van der Waals surface area contributed by atoms with Crippen LogP contribution in [0.5, 0.6) is 11.5 Å². The summed E-state index contributed by atoms with van der Waals surface area (Å²) in [6, 6.07) is 5.52. The molecule has 3 aromatic rings. The number of methoxy groups -OCH3 is 2. The molecule has 1 amide bonds. The highest BCUT2D eigenvalue weighted by molar-refractivity contribution is 7.98. The molecule has 0 unspecified atom stereocenters. The summed E-state index contributed by atoms with van der Waals surface area (Å²) in [6.07, 6.45) is 5.01. The molecule has 1 aliphatic carbocycles. The minimum Gasteiger partial charge on any atom is -0.497 e. The lowest BCUT2D eigenvalue weighted by molar-refractivity contribution is -0.0905. The Labute approximate surface area is 226 Å². The fourth-order valence-corrected chi connectivity index (χ4v) is 5.94. The second-order valence-corrected chi connectivity index (χ2v) is 12.0. The van der Waals surface area contributed by atoms with Gasteiger partial charge in [-0.05, 0) is 70.1 Å². The normalized spacial score (nSPS) is 16.8. The molecule has 9 nitrogen and oxygen atoms in total. The van der Waals surface area contributed by atoms with E-state index in [4.69, 9.17) is 19.2 Å². The Hall–Kier alpha value is -3.27. The van der Waals surface area contributed by atoms with Crippen LogP contribution >= 0.6 is 11.8 Å². The third kappa shape index (κ3) is 4.59. The summed E-state index contributed by atoms with van der Waals surface area (Å²) >= 11 is 1.44. The molecular weight excluding hydrogens is 504 g/mol. The Balaban J connectivity index is 1.52. The van der Waals surface area contributed by atoms with E-state index in [1.807, 2.05) is 56.7 Å². The maximum absolute atomic E-state index is 14.1. The monoisotopic (exact) mass is 538 g/mol. The minimum absolute atomic E-state index is 0.00775. The Morgan fingerprint density at radius 2 is 1.82 bits per heavy atom. The van der Waals surface area contributed by atoms with Gasteiger partial charge in [-0.15, -0.1) is 0 Å². The summed E-state index contributed by atoms with van der Waals surface area (Å²) in [5, 5.41) is 1.41. The number of likely N-dealkylation sites (tertiary alicyclic amines) is 1. The van der Waals surface area contributed by atoms with Crippen LogP contribution in [0.2, 0.25) is 0 Å². The first-order valence-electron chi connectivity index (χ1n) is 12.6. The van der Waals surface area contributed by atoms with E-state index < -0.39 is 5.60 Å². The number of aromatic nitrogens is 3. The molecule has 0 atom stereocenters. The predicted octanol–water partition coefficient (Wildman–Crippen LogP) is 5.08. The standard InChI is InChI=1S/C28H34N4O5S/c1-16-20(9-19(35-5)10-22(16)36-6)21-8-17-13-29-25(38-7)30-23(17)32(24(21)33)18-11-28(12-18)14-31(15-28)26(34)37-27(2,3)4/h8-10,13,18H,11-12,14-15H2,1-7H3. The predicted molar refractivity (Wildman–Crippen MR) is 147 cm³/mol. The number of rotatable bonds is 5. The highest BCUT2D eigenvalue weighted by Gasteiger charge is 2.55. The van der Waals surface area contributed by atoms with Crippen molar-refractivity contribution in [3.8, 4) is 22.6 Å². The van der Waals surface area contributed by atoms with Crippen molar-refractivity contribution in [2.45, 2.75) is 57.3 Å². The zero-order valence-corrected chi connectivity index (χ0v) is 23.8. The van der Waals surface area contributed by atoms with Crippen molar-refractivity contribution in [2.75, 3.05) is 33.6 Å². The highest BCUT2D eigenvalue weighted by Crippen LogP contribution is 2.54. The molecule has 2 aliphatic rings. The number of hydrogen-bond donors (Lipinski definition) is 0. The Morgan fingerprint density at radius 1 is 1.11 bits per heavy atom. The Kier molecular flexibility index (Phi) is 6.57. The van der Waals surface area contributed by atoms with Gasteiger partial charge in [-0.25, -0.2) is 14.8 Å². The fraction of sp³-hybridized carbons (Fsp3) is 0.500. The molecule has 1 spiro atoms. The van der Waals surface area contributed by atoms with Gasteiger partial charge in [0.2, 0.25) is 0 Å². The van der Waals surface area contributed by atoms with Gasteiger partial charge in [-0.2, -0.15) is 0 Å². The van der Waals surface area contributed by atoms with E-state index in [9.17, 15) is 9.59 Å². The summed E-state index contributed by atoms with van der Waals surface area (Å²) in [7, 11) is 3.20. The van der Waals surface area contributed by atoms with Crippen molar-refractivity contribution in [3.05, 3.63) is 40.3 Å². The number of carbonyl (C=O) groups is 1. The third-order valence-electron chi connectivity index (χ3n) is 7.42. The van der Waals surface area contributed by atoms with E-state index in [-0.39, 0.29) is 23.1 Å². The number of benzene rings is 1. The van der Waals surface area contributed by atoms with Gasteiger partial charge >= 0.3 is 6.09 Å². The molecule has 10 heteroatoms. The molecule has 1 aromatic carbocycles. The average Bonchev–Trinajstić information content (AvgIpc) is 2.82. The van der Waals surface area contributed by atoms with Crippen molar-refractivity contribution >= 4 is 28.9 Å². The molecule has 2 fully saturated rings. The summed E-state index contributed by atoms with van der Waals surface area (Å²) in [6.45, 7) is 8.83. The van der Waals surface area contributed by atoms with Crippen LogP contribution in [-0.2, 0) is 4.74 Å². The quantitative estimate of drug-likeness (QED) is 0.328. The van der Waals surface area contributed by atoms with Crippen molar-refractivity contribution in [1.82, 2.24) is 19.4 Å². The second kappa shape index (κ2) is 9.48. The van der Waals surface area contributed by atoms with E-state index in [0.717, 1.165) is 29.4 Å². The van der Waals surface area contributed by atoms with Crippen LogP contribution in [0.4, 0.5) is 4.79 Å². The lowest BCUT2D eigenvalue weighted by Crippen LogP contribution is -2.64. The molecular formula is C28H34N4O5S. The molecule has 0 bridgehead atoms. The van der Waals surface area contributed by atoms with E-state index in [0.29, 0.717) is 41.0 Å². The molecule has 38 heavy (non-hydrogen) atoms. The van der Waals surface area contributed by atoms with Crippen molar-refractivity contribution < 1.29 is 19.0 Å². The molecule has 2 aromatic heterocycles. The molecule has 0 N–H and O–H groups in total. The smallest absolute Gasteiger partial charge is 0.410 e. The van der Waals surface area contributed by atoms with Crippen LogP contribution in [0.1, 0.15) is 45.2 Å². The van der Waals surface area contributed by atoms with E-state index in [1.165, 1.54) is 11.8 Å². The summed E-state index contributed by atoms with van der Waals surface area (Å²) in [5.74, 6) is 1.26. The van der Waals surface area contributed by atoms with Crippen LogP contribution in [0.15, 0.2) is 34.3 Å². The number of ether oxygens (including phenoxy) is 3. The summed E-state index contributed by atoms with van der Waals surface area (Å²) in [4.78, 5) is 37.6. The molecule has 5 rings (SSSR count). The van der Waals surface area contributed by atoms with Crippen LogP contribution in [0.3, 0.4) is 0 Å². The van der Waals surface area contributed by atoms with Gasteiger partial charge < -0.3 is 19.1 Å². The average molecular weight is 539 g/mol. The number of fused-ring (bicyclic) bond motifs is 1. The van der Waals surface area contributed by atoms with Gasteiger partial charge in [0.25, 0.3) is 5.56 Å². The lowest BCUT2D eigenvalue weighted by Gasteiger charge is -2.58. The third-order valence-corrected chi connectivity index (χ3v) is 7.98. The van der Waals surface area contributed by atoms with Crippen molar-refractivity contribution in [1.29, 1.82) is 0 Å². The van der Waals surface area contributed by atoms with Gasteiger partial charge in [0.1, 0.15) is 22.7 Å². The Morgan fingerprint density at radius 3 is 2.42 bits per heavy atom.